The third kappa shape index (κ3) is 2.22. The van der Waals surface area contributed by atoms with E-state index in [0.29, 0.717) is 4.88 Å². The Labute approximate surface area is 121 Å². The van der Waals surface area contributed by atoms with Gasteiger partial charge in [0.2, 0.25) is 0 Å². The zero-order valence-electron chi connectivity index (χ0n) is 11.6. The van der Waals surface area contributed by atoms with Gasteiger partial charge in [0.15, 0.2) is 0 Å². The van der Waals surface area contributed by atoms with E-state index >= 15 is 0 Å². The van der Waals surface area contributed by atoms with Gasteiger partial charge in [-0.2, -0.15) is 0 Å². The predicted octanol–water partition coefficient (Wildman–Crippen LogP) is 2.11. The molecule has 106 valence electrons. The molecule has 1 unspecified atom stereocenters. The van der Waals surface area contributed by atoms with E-state index in [1.807, 2.05) is 24.9 Å². The van der Waals surface area contributed by atoms with Crippen molar-refractivity contribution in [2.24, 2.45) is 0 Å². The first-order valence-corrected chi connectivity index (χ1v) is 7.61. The fourth-order valence-corrected chi connectivity index (χ4v) is 3.34. The standard InChI is InChI=1S/C13H17N5OS/c1-3-9-11(20-17-16-9)13(19)18-6-4-5-10(18)12-14-7-8(2)15-12/h7,10H,3-6H2,1-2H3,(H,14,15). The number of aromatic amines is 1. The van der Waals surface area contributed by atoms with Crippen LogP contribution in [0.2, 0.25) is 0 Å². The smallest absolute Gasteiger partial charge is 0.268 e. The van der Waals surface area contributed by atoms with Gasteiger partial charge < -0.3 is 9.88 Å². The molecule has 1 fully saturated rings. The lowest BCUT2D eigenvalue weighted by Crippen LogP contribution is -2.31. The van der Waals surface area contributed by atoms with Gasteiger partial charge in [0.05, 0.1) is 11.7 Å². The van der Waals surface area contributed by atoms with E-state index < -0.39 is 0 Å². The van der Waals surface area contributed by atoms with Crippen molar-refractivity contribution in [1.29, 1.82) is 0 Å². The summed E-state index contributed by atoms with van der Waals surface area (Å²) < 4.78 is 3.91. The largest absolute Gasteiger partial charge is 0.344 e. The predicted molar refractivity (Wildman–Crippen MR) is 75.6 cm³/mol. The van der Waals surface area contributed by atoms with Crippen LogP contribution in [-0.2, 0) is 6.42 Å². The Morgan fingerprint density at radius 3 is 3.15 bits per heavy atom. The SMILES string of the molecule is CCc1nnsc1C(=O)N1CCCC1c1ncc(C)[nH]1. The molecule has 0 aliphatic carbocycles. The van der Waals surface area contributed by atoms with E-state index in [4.69, 9.17) is 0 Å². The zero-order valence-corrected chi connectivity index (χ0v) is 12.4. The normalized spacial score (nSPS) is 18.7. The topological polar surface area (TPSA) is 74.8 Å². The Kier molecular flexibility index (Phi) is 3.52. The number of rotatable bonds is 3. The highest BCUT2D eigenvalue weighted by atomic mass is 32.1. The molecule has 1 saturated heterocycles. The van der Waals surface area contributed by atoms with E-state index in [0.717, 1.165) is 43.0 Å². The van der Waals surface area contributed by atoms with Gasteiger partial charge in [-0.25, -0.2) is 4.98 Å². The number of nitrogens with one attached hydrogen (secondary N) is 1. The zero-order chi connectivity index (χ0) is 14.1. The van der Waals surface area contributed by atoms with Crippen LogP contribution in [0.25, 0.3) is 0 Å². The van der Waals surface area contributed by atoms with Gasteiger partial charge in [0, 0.05) is 18.4 Å². The van der Waals surface area contributed by atoms with Crippen LogP contribution < -0.4 is 0 Å². The Morgan fingerprint density at radius 2 is 2.45 bits per heavy atom. The first-order valence-electron chi connectivity index (χ1n) is 6.84. The highest BCUT2D eigenvalue weighted by Gasteiger charge is 2.34. The summed E-state index contributed by atoms with van der Waals surface area (Å²) >= 11 is 1.19. The minimum Gasteiger partial charge on any atom is -0.344 e. The second kappa shape index (κ2) is 5.32. The molecule has 0 bridgehead atoms. The number of H-pyrrole nitrogens is 1. The summed E-state index contributed by atoms with van der Waals surface area (Å²) in [5, 5.41) is 4.03. The summed E-state index contributed by atoms with van der Waals surface area (Å²) in [6.45, 7) is 4.73. The van der Waals surface area contributed by atoms with Gasteiger partial charge in [-0.05, 0) is 37.7 Å². The number of carbonyl (C=O) groups is 1. The molecule has 1 N–H and O–H groups in total. The lowest BCUT2D eigenvalue weighted by Gasteiger charge is -2.22. The molecule has 6 nitrogen and oxygen atoms in total. The molecule has 1 amide bonds. The fourth-order valence-electron chi connectivity index (χ4n) is 2.63. The van der Waals surface area contributed by atoms with Crippen molar-refractivity contribution in [1.82, 2.24) is 24.5 Å². The molecule has 1 atom stereocenters. The summed E-state index contributed by atoms with van der Waals surface area (Å²) in [4.78, 5) is 22.9. The molecule has 3 heterocycles. The van der Waals surface area contributed by atoms with Gasteiger partial charge in [0.25, 0.3) is 5.91 Å². The number of carbonyl (C=O) groups excluding carboxylic acids is 1. The summed E-state index contributed by atoms with van der Waals surface area (Å²) in [6.07, 6.45) is 4.49. The minimum atomic E-state index is 0.0356. The van der Waals surface area contributed by atoms with Gasteiger partial charge in [-0.3, -0.25) is 4.79 Å². The first-order chi connectivity index (χ1) is 9.70. The Balaban J connectivity index is 1.87. The molecule has 2 aromatic heterocycles. The number of likely N-dealkylation sites (tertiary alicyclic amines) is 1. The lowest BCUT2D eigenvalue weighted by molar-refractivity contribution is 0.0734. The highest BCUT2D eigenvalue weighted by molar-refractivity contribution is 7.08. The number of aryl methyl sites for hydroxylation is 2. The van der Waals surface area contributed by atoms with E-state index in [-0.39, 0.29) is 11.9 Å². The maximum absolute atomic E-state index is 12.7. The average Bonchev–Trinajstić information content (AvgIpc) is 3.17. The van der Waals surface area contributed by atoms with Crippen LogP contribution in [0.5, 0.6) is 0 Å². The molecule has 7 heteroatoms. The van der Waals surface area contributed by atoms with E-state index in [1.165, 1.54) is 11.5 Å². The quantitative estimate of drug-likeness (QED) is 0.939. The monoisotopic (exact) mass is 291 g/mol. The summed E-state index contributed by atoms with van der Waals surface area (Å²) in [7, 11) is 0. The molecule has 0 saturated carbocycles. The molecular weight excluding hydrogens is 274 g/mol. The summed E-state index contributed by atoms with van der Waals surface area (Å²) in [5.41, 5.74) is 1.81. The van der Waals surface area contributed by atoms with Gasteiger partial charge in [0.1, 0.15) is 10.7 Å². The molecule has 0 spiro atoms. The van der Waals surface area contributed by atoms with Crippen molar-refractivity contribution in [2.75, 3.05) is 6.54 Å². The molecule has 2 aromatic rings. The third-order valence-corrected chi connectivity index (χ3v) is 4.39. The molecule has 1 aliphatic rings. The maximum Gasteiger partial charge on any atom is 0.268 e. The molecule has 0 aromatic carbocycles. The van der Waals surface area contributed by atoms with Crippen LogP contribution in [0, 0.1) is 6.92 Å². The van der Waals surface area contributed by atoms with Crippen LogP contribution in [0.15, 0.2) is 6.20 Å². The van der Waals surface area contributed by atoms with Crippen molar-refractivity contribution >= 4 is 17.4 Å². The molecule has 3 rings (SSSR count). The van der Waals surface area contributed by atoms with Gasteiger partial charge in [-0.15, -0.1) is 5.10 Å². The second-order valence-corrected chi connectivity index (χ2v) is 5.76. The van der Waals surface area contributed by atoms with Crippen LogP contribution in [-0.4, -0.2) is 36.9 Å². The number of amides is 1. The molecule has 1 aliphatic heterocycles. The van der Waals surface area contributed by atoms with Crippen molar-refractivity contribution in [3.63, 3.8) is 0 Å². The second-order valence-electron chi connectivity index (χ2n) is 5.01. The highest BCUT2D eigenvalue weighted by Crippen LogP contribution is 2.32. The molecular formula is C13H17N5OS. The number of nitrogens with zero attached hydrogens (tertiary/aromatic N) is 4. The van der Waals surface area contributed by atoms with Crippen molar-refractivity contribution < 1.29 is 4.79 Å². The maximum atomic E-state index is 12.7. The van der Waals surface area contributed by atoms with Crippen LogP contribution in [0.1, 0.15) is 52.7 Å². The first kappa shape index (κ1) is 13.2. The summed E-state index contributed by atoms with van der Waals surface area (Å²) in [5.74, 6) is 0.914. The van der Waals surface area contributed by atoms with Gasteiger partial charge >= 0.3 is 0 Å². The Hall–Kier alpha value is -1.76. The third-order valence-electron chi connectivity index (χ3n) is 3.64. The van der Waals surface area contributed by atoms with Crippen LogP contribution in [0.4, 0.5) is 0 Å². The Morgan fingerprint density at radius 1 is 1.60 bits per heavy atom. The lowest BCUT2D eigenvalue weighted by atomic mass is 10.2. The van der Waals surface area contributed by atoms with E-state index in [1.54, 1.807) is 0 Å². The number of hydrogen-bond donors (Lipinski definition) is 1. The average molecular weight is 291 g/mol. The van der Waals surface area contributed by atoms with Crippen molar-refractivity contribution in [2.45, 2.75) is 39.2 Å². The van der Waals surface area contributed by atoms with Crippen LogP contribution >= 0.6 is 11.5 Å². The Bertz CT molecular complexity index is 620. The summed E-state index contributed by atoms with van der Waals surface area (Å²) in [6, 6.07) is 0.0445. The number of hydrogen-bond acceptors (Lipinski definition) is 5. The van der Waals surface area contributed by atoms with Crippen molar-refractivity contribution in [3.8, 4) is 0 Å². The van der Waals surface area contributed by atoms with Crippen LogP contribution in [0.3, 0.4) is 0 Å². The number of imidazole rings is 1. The van der Waals surface area contributed by atoms with Gasteiger partial charge in [-0.1, -0.05) is 11.4 Å². The van der Waals surface area contributed by atoms with E-state index in [2.05, 4.69) is 19.6 Å². The fraction of sp³-hybridized carbons (Fsp3) is 0.538. The molecule has 20 heavy (non-hydrogen) atoms. The number of aromatic nitrogens is 4. The van der Waals surface area contributed by atoms with E-state index in [9.17, 15) is 4.79 Å². The van der Waals surface area contributed by atoms with Crippen molar-refractivity contribution in [3.05, 3.63) is 28.3 Å². The minimum absolute atomic E-state index is 0.0356. The molecule has 0 radical (unpaired) electrons.